The number of allylic oxidation sites excluding steroid dienone is 3. The van der Waals surface area contributed by atoms with Gasteiger partial charge in [0.15, 0.2) is 5.82 Å². The fraction of sp³-hybridized carbons (Fsp3) is 0.0588. The molecule has 0 spiro atoms. The summed E-state index contributed by atoms with van der Waals surface area (Å²) >= 11 is 0. The van der Waals surface area contributed by atoms with E-state index < -0.39 is 5.97 Å². The Labute approximate surface area is 127 Å². The van der Waals surface area contributed by atoms with Gasteiger partial charge >= 0.3 is 5.97 Å². The third-order valence-corrected chi connectivity index (χ3v) is 2.83. The molecule has 0 radical (unpaired) electrons. The number of carbonyl (C=O) groups is 1. The molecule has 0 aliphatic rings. The number of aliphatic carboxylic acids is 1. The zero-order valence-electron chi connectivity index (χ0n) is 11.7. The van der Waals surface area contributed by atoms with Crippen LogP contribution in [0.15, 0.2) is 61.0 Å². The zero-order chi connectivity index (χ0) is 15.8. The molecule has 0 aliphatic heterocycles. The Balaban J connectivity index is 2.00. The number of nitriles is 1. The minimum absolute atomic E-state index is 0.430. The van der Waals surface area contributed by atoms with E-state index in [1.165, 1.54) is 18.5 Å². The Bertz CT molecular complexity index is 739. The number of hydrogen-bond acceptors (Lipinski definition) is 4. The summed E-state index contributed by atoms with van der Waals surface area (Å²) in [6.07, 6.45) is 9.85. The predicted octanol–water partition coefficient (Wildman–Crippen LogP) is 2.75. The van der Waals surface area contributed by atoms with Crippen molar-refractivity contribution in [2.24, 2.45) is 0 Å². The highest BCUT2D eigenvalue weighted by atomic mass is 16.4. The van der Waals surface area contributed by atoms with Gasteiger partial charge in [-0.25, -0.2) is 14.8 Å². The Morgan fingerprint density at radius 1 is 1.18 bits per heavy atom. The largest absolute Gasteiger partial charge is 0.478 e. The first-order valence-corrected chi connectivity index (χ1v) is 6.56. The van der Waals surface area contributed by atoms with Gasteiger partial charge < -0.3 is 5.11 Å². The second kappa shape index (κ2) is 7.50. The van der Waals surface area contributed by atoms with Gasteiger partial charge in [-0.05, 0) is 12.0 Å². The van der Waals surface area contributed by atoms with Crippen LogP contribution in [0.3, 0.4) is 0 Å². The van der Waals surface area contributed by atoms with E-state index >= 15 is 0 Å². The smallest absolute Gasteiger partial charge is 0.328 e. The minimum Gasteiger partial charge on any atom is -0.478 e. The Morgan fingerprint density at radius 3 is 2.45 bits per heavy atom. The maximum Gasteiger partial charge on any atom is 0.328 e. The van der Waals surface area contributed by atoms with E-state index in [4.69, 9.17) is 10.4 Å². The average molecular weight is 291 g/mol. The summed E-state index contributed by atoms with van der Waals surface area (Å²) < 4.78 is 0. The molecule has 0 saturated carbocycles. The summed E-state index contributed by atoms with van der Waals surface area (Å²) in [5, 5.41) is 17.2. The Kier molecular flexibility index (Phi) is 5.16. The number of benzene rings is 1. The van der Waals surface area contributed by atoms with Crippen LogP contribution in [0.2, 0.25) is 0 Å². The van der Waals surface area contributed by atoms with Crippen molar-refractivity contribution < 1.29 is 9.90 Å². The molecule has 22 heavy (non-hydrogen) atoms. The fourth-order valence-corrected chi connectivity index (χ4v) is 1.75. The average Bonchev–Trinajstić information content (AvgIpc) is 2.55. The molecule has 1 heterocycles. The van der Waals surface area contributed by atoms with Gasteiger partial charge in [0, 0.05) is 24.0 Å². The lowest BCUT2D eigenvalue weighted by Crippen LogP contribution is -1.90. The number of rotatable bonds is 5. The molecule has 0 bridgehead atoms. The van der Waals surface area contributed by atoms with Gasteiger partial charge in [0.05, 0.1) is 5.56 Å². The molecule has 1 aromatic carbocycles. The summed E-state index contributed by atoms with van der Waals surface area (Å²) in [5.74, 6) is -0.387. The van der Waals surface area contributed by atoms with Crippen LogP contribution >= 0.6 is 0 Å². The number of carboxylic acid groups (broad SMARTS) is 1. The summed E-state index contributed by atoms with van der Waals surface area (Å²) in [6, 6.07) is 9.73. The molecular formula is C17H13N3O2. The van der Waals surface area contributed by atoms with Gasteiger partial charge in [-0.1, -0.05) is 42.5 Å². The highest BCUT2D eigenvalue weighted by Crippen LogP contribution is 2.15. The van der Waals surface area contributed by atoms with Crippen LogP contribution in [-0.4, -0.2) is 21.0 Å². The summed E-state index contributed by atoms with van der Waals surface area (Å²) in [5.41, 5.74) is 2.40. The molecule has 0 aliphatic carbocycles. The van der Waals surface area contributed by atoms with Gasteiger partial charge in [0.1, 0.15) is 6.07 Å². The van der Waals surface area contributed by atoms with E-state index in [0.29, 0.717) is 17.8 Å². The van der Waals surface area contributed by atoms with E-state index in [2.05, 4.69) is 9.97 Å². The maximum atomic E-state index is 10.3. The first kappa shape index (κ1) is 15.1. The van der Waals surface area contributed by atoms with Crippen LogP contribution in [0.5, 0.6) is 0 Å². The first-order valence-electron chi connectivity index (χ1n) is 6.56. The number of aromatic nitrogens is 2. The van der Waals surface area contributed by atoms with Crippen molar-refractivity contribution in [1.29, 1.82) is 5.26 Å². The van der Waals surface area contributed by atoms with Gasteiger partial charge in [0.2, 0.25) is 0 Å². The van der Waals surface area contributed by atoms with Crippen molar-refractivity contribution in [3.8, 4) is 17.5 Å². The highest BCUT2D eigenvalue weighted by Gasteiger charge is 2.01. The van der Waals surface area contributed by atoms with Gasteiger partial charge in [-0.2, -0.15) is 5.26 Å². The SMILES string of the molecule is N#Cc1cnc(-c2ccc(CC=CC=CC(=O)O)cc2)nc1. The Morgan fingerprint density at radius 2 is 1.86 bits per heavy atom. The van der Waals surface area contributed by atoms with E-state index in [-0.39, 0.29) is 0 Å². The monoisotopic (exact) mass is 291 g/mol. The zero-order valence-corrected chi connectivity index (χ0v) is 11.7. The fourth-order valence-electron chi connectivity index (χ4n) is 1.75. The summed E-state index contributed by atoms with van der Waals surface area (Å²) in [6.45, 7) is 0. The molecule has 5 nitrogen and oxygen atoms in total. The lowest BCUT2D eigenvalue weighted by molar-refractivity contribution is -0.131. The molecule has 0 atom stereocenters. The van der Waals surface area contributed by atoms with Crippen molar-refractivity contribution >= 4 is 5.97 Å². The van der Waals surface area contributed by atoms with Gasteiger partial charge in [0.25, 0.3) is 0 Å². The summed E-state index contributed by atoms with van der Waals surface area (Å²) in [4.78, 5) is 18.6. The third kappa shape index (κ3) is 4.39. The van der Waals surface area contributed by atoms with Crippen LogP contribution in [0.4, 0.5) is 0 Å². The lowest BCUT2D eigenvalue weighted by Gasteiger charge is -2.01. The maximum absolute atomic E-state index is 10.3. The van der Waals surface area contributed by atoms with Crippen LogP contribution in [-0.2, 0) is 11.2 Å². The minimum atomic E-state index is -0.962. The number of carboxylic acids is 1. The normalized spacial score (nSPS) is 10.9. The van der Waals surface area contributed by atoms with Gasteiger partial charge in [-0.15, -0.1) is 0 Å². The molecule has 0 fully saturated rings. The van der Waals surface area contributed by atoms with Crippen LogP contribution in [0.25, 0.3) is 11.4 Å². The topological polar surface area (TPSA) is 86.9 Å². The van der Waals surface area contributed by atoms with Crippen molar-refractivity contribution in [2.75, 3.05) is 0 Å². The van der Waals surface area contributed by atoms with Crippen molar-refractivity contribution in [3.63, 3.8) is 0 Å². The molecular weight excluding hydrogens is 278 g/mol. The molecule has 2 aromatic rings. The lowest BCUT2D eigenvalue weighted by atomic mass is 10.1. The van der Waals surface area contributed by atoms with Gasteiger partial charge in [-0.3, -0.25) is 0 Å². The standard InChI is InChI=1S/C17H13N3O2/c18-10-14-11-19-17(20-12-14)15-8-6-13(7-9-15)4-2-1-3-5-16(21)22/h1-3,5-9,11-12H,4H2,(H,21,22). The molecule has 1 N–H and O–H groups in total. The predicted molar refractivity (Wildman–Crippen MR) is 81.8 cm³/mol. The van der Waals surface area contributed by atoms with E-state index in [1.807, 2.05) is 36.4 Å². The third-order valence-electron chi connectivity index (χ3n) is 2.83. The summed E-state index contributed by atoms with van der Waals surface area (Å²) in [7, 11) is 0. The van der Waals surface area contributed by atoms with Crippen molar-refractivity contribution in [2.45, 2.75) is 6.42 Å². The molecule has 0 saturated heterocycles. The molecule has 0 unspecified atom stereocenters. The van der Waals surface area contributed by atoms with Crippen molar-refractivity contribution in [3.05, 3.63) is 72.1 Å². The van der Waals surface area contributed by atoms with Crippen molar-refractivity contribution in [1.82, 2.24) is 9.97 Å². The highest BCUT2D eigenvalue weighted by molar-refractivity contribution is 5.80. The van der Waals surface area contributed by atoms with E-state index in [1.54, 1.807) is 6.08 Å². The van der Waals surface area contributed by atoms with E-state index in [9.17, 15) is 4.79 Å². The molecule has 2 rings (SSSR count). The second-order valence-electron chi connectivity index (χ2n) is 4.43. The molecule has 108 valence electrons. The molecule has 1 aromatic heterocycles. The molecule has 0 amide bonds. The molecule has 5 heteroatoms. The second-order valence-corrected chi connectivity index (χ2v) is 4.43. The van der Waals surface area contributed by atoms with Crippen LogP contribution < -0.4 is 0 Å². The number of nitrogens with zero attached hydrogens (tertiary/aromatic N) is 3. The van der Waals surface area contributed by atoms with Crippen LogP contribution in [0, 0.1) is 11.3 Å². The first-order chi connectivity index (χ1) is 10.7. The number of hydrogen-bond donors (Lipinski definition) is 1. The Hall–Kier alpha value is -3.26. The van der Waals surface area contributed by atoms with Crippen LogP contribution in [0.1, 0.15) is 11.1 Å². The van der Waals surface area contributed by atoms with E-state index in [0.717, 1.165) is 17.2 Å². The quantitative estimate of drug-likeness (QED) is 0.676.